The molecule has 0 bridgehead atoms. The maximum absolute atomic E-state index is 14.1. The van der Waals surface area contributed by atoms with Crippen molar-refractivity contribution in [3.05, 3.63) is 23.8 Å². The first-order valence-electron chi connectivity index (χ1n) is 9.89. The zero-order valence-corrected chi connectivity index (χ0v) is 16.3. The Kier molecular flexibility index (Phi) is 4.29. The van der Waals surface area contributed by atoms with Crippen LogP contribution in [0.4, 0.5) is 10.3 Å². The molecule has 1 heterocycles. The number of carbonyl (C=O) groups is 1. The van der Waals surface area contributed by atoms with E-state index in [0.717, 1.165) is 35.9 Å². The second-order valence-electron chi connectivity index (χ2n) is 8.99. The largest absolute Gasteiger partial charge is 0.386 e. The number of aliphatic hydroxyl groups is 1. The van der Waals surface area contributed by atoms with Gasteiger partial charge in [0.15, 0.2) is 0 Å². The minimum atomic E-state index is -1.25. The molecule has 146 valence electrons. The number of nitrogens with one attached hydrogen (secondary N) is 1. The standard InChI is InChI=1S/C21H28FN3O2/c1-20(2,27)14-7-8-16-17(11-14)25(15-5-4-6-15)19(23-16)24-18(26)13-9-10-21(3,22)12-13/h7-8,11,13,15,27H,4-6,9-10,12H2,1-3H3,(H,23,24,26). The maximum Gasteiger partial charge on any atom is 0.229 e. The molecule has 2 saturated carbocycles. The smallest absolute Gasteiger partial charge is 0.229 e. The first-order valence-corrected chi connectivity index (χ1v) is 9.89. The number of aromatic nitrogens is 2. The van der Waals surface area contributed by atoms with Crippen molar-refractivity contribution in [2.45, 2.75) is 76.6 Å². The van der Waals surface area contributed by atoms with Crippen molar-refractivity contribution in [1.29, 1.82) is 0 Å². The molecule has 1 aromatic heterocycles. The third-order valence-corrected chi connectivity index (χ3v) is 6.13. The van der Waals surface area contributed by atoms with Crippen LogP contribution in [-0.2, 0) is 10.4 Å². The predicted octanol–water partition coefficient (Wildman–Crippen LogP) is 4.46. The van der Waals surface area contributed by atoms with Crippen LogP contribution in [0.15, 0.2) is 18.2 Å². The summed E-state index contributed by atoms with van der Waals surface area (Å²) in [5.74, 6) is 0.0941. The number of amides is 1. The zero-order chi connectivity index (χ0) is 19.4. The number of anilines is 1. The van der Waals surface area contributed by atoms with Gasteiger partial charge in [-0.25, -0.2) is 9.37 Å². The van der Waals surface area contributed by atoms with Gasteiger partial charge in [-0.3, -0.25) is 10.1 Å². The summed E-state index contributed by atoms with van der Waals surface area (Å²) in [7, 11) is 0. The average Bonchev–Trinajstić information content (AvgIpc) is 3.05. The highest BCUT2D eigenvalue weighted by atomic mass is 19.1. The van der Waals surface area contributed by atoms with E-state index in [1.54, 1.807) is 20.8 Å². The Hall–Kier alpha value is -1.95. The Bertz CT molecular complexity index is 877. The molecule has 0 saturated heterocycles. The number of rotatable bonds is 4. The van der Waals surface area contributed by atoms with Crippen molar-refractivity contribution in [3.63, 3.8) is 0 Å². The number of alkyl halides is 1. The lowest BCUT2D eigenvalue weighted by atomic mass is 9.92. The van der Waals surface area contributed by atoms with Crippen LogP contribution in [-0.4, -0.2) is 26.2 Å². The third kappa shape index (κ3) is 3.47. The zero-order valence-electron chi connectivity index (χ0n) is 16.3. The summed E-state index contributed by atoms with van der Waals surface area (Å²) < 4.78 is 16.2. The van der Waals surface area contributed by atoms with Crippen molar-refractivity contribution >= 4 is 22.9 Å². The van der Waals surface area contributed by atoms with E-state index in [4.69, 9.17) is 0 Å². The molecule has 0 spiro atoms. The Balaban J connectivity index is 1.68. The summed E-state index contributed by atoms with van der Waals surface area (Å²) in [5.41, 5.74) is 0.347. The monoisotopic (exact) mass is 373 g/mol. The van der Waals surface area contributed by atoms with Gasteiger partial charge in [-0.2, -0.15) is 0 Å². The number of carbonyl (C=O) groups excluding carboxylic acids is 1. The van der Waals surface area contributed by atoms with Crippen molar-refractivity contribution < 1.29 is 14.3 Å². The van der Waals surface area contributed by atoms with Crippen LogP contribution in [0.2, 0.25) is 0 Å². The number of hydrogen-bond acceptors (Lipinski definition) is 3. The van der Waals surface area contributed by atoms with E-state index in [2.05, 4.69) is 14.9 Å². The van der Waals surface area contributed by atoms with Gasteiger partial charge in [0.25, 0.3) is 0 Å². The molecule has 1 amide bonds. The molecule has 2 unspecified atom stereocenters. The van der Waals surface area contributed by atoms with Crippen LogP contribution in [0.5, 0.6) is 0 Å². The molecular formula is C21H28FN3O2. The number of hydrogen-bond donors (Lipinski definition) is 2. The number of imidazole rings is 1. The van der Waals surface area contributed by atoms with Gasteiger partial charge in [-0.05, 0) is 77.0 Å². The van der Waals surface area contributed by atoms with Gasteiger partial charge in [0.1, 0.15) is 5.67 Å². The quantitative estimate of drug-likeness (QED) is 0.832. The van der Waals surface area contributed by atoms with Gasteiger partial charge in [-0.1, -0.05) is 6.07 Å². The summed E-state index contributed by atoms with van der Waals surface area (Å²) >= 11 is 0. The number of fused-ring (bicyclic) bond motifs is 1. The van der Waals surface area contributed by atoms with E-state index in [9.17, 15) is 14.3 Å². The molecule has 0 radical (unpaired) electrons. The highest BCUT2D eigenvalue weighted by Crippen LogP contribution is 2.40. The lowest BCUT2D eigenvalue weighted by molar-refractivity contribution is -0.120. The second-order valence-corrected chi connectivity index (χ2v) is 8.99. The van der Waals surface area contributed by atoms with Crippen molar-refractivity contribution in [1.82, 2.24) is 9.55 Å². The van der Waals surface area contributed by atoms with Gasteiger partial charge in [0.2, 0.25) is 11.9 Å². The van der Waals surface area contributed by atoms with Gasteiger partial charge in [0.05, 0.1) is 16.6 Å². The van der Waals surface area contributed by atoms with Crippen molar-refractivity contribution in [3.8, 4) is 0 Å². The minimum absolute atomic E-state index is 0.144. The summed E-state index contributed by atoms with van der Waals surface area (Å²) in [6.07, 6.45) is 4.53. The highest BCUT2D eigenvalue weighted by molar-refractivity contribution is 5.93. The van der Waals surface area contributed by atoms with Crippen molar-refractivity contribution in [2.24, 2.45) is 5.92 Å². The van der Waals surface area contributed by atoms with Crippen molar-refractivity contribution in [2.75, 3.05) is 5.32 Å². The second kappa shape index (κ2) is 6.30. The molecule has 5 nitrogen and oxygen atoms in total. The predicted molar refractivity (Wildman–Crippen MR) is 103 cm³/mol. The molecular weight excluding hydrogens is 345 g/mol. The van der Waals surface area contributed by atoms with Gasteiger partial charge >= 0.3 is 0 Å². The summed E-state index contributed by atoms with van der Waals surface area (Å²) in [6.45, 7) is 5.09. The van der Waals surface area contributed by atoms with E-state index in [0.29, 0.717) is 24.8 Å². The Morgan fingerprint density at radius 3 is 2.67 bits per heavy atom. The molecule has 2 fully saturated rings. The first-order chi connectivity index (χ1) is 12.6. The minimum Gasteiger partial charge on any atom is -0.386 e. The van der Waals surface area contributed by atoms with Crippen LogP contribution in [0.1, 0.15) is 70.9 Å². The Morgan fingerprint density at radius 1 is 1.37 bits per heavy atom. The summed E-state index contributed by atoms with van der Waals surface area (Å²) in [5, 5.41) is 13.3. The van der Waals surface area contributed by atoms with E-state index >= 15 is 0 Å². The molecule has 4 rings (SSSR count). The number of halogens is 1. The van der Waals surface area contributed by atoms with E-state index < -0.39 is 11.3 Å². The fourth-order valence-corrected chi connectivity index (χ4v) is 4.21. The normalized spacial score (nSPS) is 26.3. The van der Waals surface area contributed by atoms with Crippen LogP contribution in [0, 0.1) is 5.92 Å². The van der Waals surface area contributed by atoms with Crippen LogP contribution in [0.25, 0.3) is 11.0 Å². The third-order valence-electron chi connectivity index (χ3n) is 6.13. The maximum atomic E-state index is 14.1. The number of nitrogens with zero attached hydrogens (tertiary/aromatic N) is 2. The van der Waals surface area contributed by atoms with Gasteiger partial charge < -0.3 is 9.67 Å². The molecule has 27 heavy (non-hydrogen) atoms. The first kappa shape index (κ1) is 18.4. The number of benzene rings is 1. The van der Waals surface area contributed by atoms with Crippen LogP contribution in [0.3, 0.4) is 0 Å². The molecule has 2 aliphatic carbocycles. The lowest BCUT2D eigenvalue weighted by Crippen LogP contribution is -2.26. The topological polar surface area (TPSA) is 67.2 Å². The molecule has 6 heteroatoms. The summed E-state index contributed by atoms with van der Waals surface area (Å²) in [6, 6.07) is 6.03. The molecule has 2 N–H and O–H groups in total. The molecule has 2 aliphatic rings. The SMILES string of the molecule is CC1(F)CCC(C(=O)Nc2nc3ccc(C(C)(C)O)cc3n2C2CCC2)C1. The fraction of sp³-hybridized carbons (Fsp3) is 0.619. The molecule has 2 atom stereocenters. The molecule has 1 aromatic carbocycles. The average molecular weight is 373 g/mol. The van der Waals surface area contributed by atoms with Crippen LogP contribution >= 0.6 is 0 Å². The van der Waals surface area contributed by atoms with Gasteiger partial charge in [0, 0.05) is 12.0 Å². The Morgan fingerprint density at radius 2 is 2.11 bits per heavy atom. The van der Waals surface area contributed by atoms with E-state index in [-0.39, 0.29) is 18.2 Å². The van der Waals surface area contributed by atoms with E-state index in [1.165, 1.54) is 0 Å². The molecule has 2 aromatic rings. The molecule has 0 aliphatic heterocycles. The fourth-order valence-electron chi connectivity index (χ4n) is 4.21. The van der Waals surface area contributed by atoms with Crippen LogP contribution < -0.4 is 5.32 Å². The highest BCUT2D eigenvalue weighted by Gasteiger charge is 2.39. The van der Waals surface area contributed by atoms with E-state index in [1.807, 2.05) is 18.2 Å². The lowest BCUT2D eigenvalue weighted by Gasteiger charge is -2.29. The Labute approximate surface area is 159 Å². The summed E-state index contributed by atoms with van der Waals surface area (Å²) in [4.78, 5) is 17.4. The van der Waals surface area contributed by atoms with Gasteiger partial charge in [-0.15, -0.1) is 0 Å².